The van der Waals surface area contributed by atoms with Crippen LogP contribution in [0, 0.1) is 0 Å². The van der Waals surface area contributed by atoms with E-state index in [-0.39, 0.29) is 11.6 Å². The van der Waals surface area contributed by atoms with E-state index in [9.17, 15) is 25.2 Å². The summed E-state index contributed by atoms with van der Waals surface area (Å²) in [6, 6.07) is 0. The number of nitrogens with one attached hydrogen (secondary N) is 1. The number of aliphatic hydroxyl groups excluding tert-OH is 4. The molecule has 1 aromatic rings. The smallest absolute Gasteiger partial charge is 0.347 e. The fraction of sp³-hybridized carbons (Fsp3) is 0.636. The fourth-order valence-electron chi connectivity index (χ4n) is 2.16. The minimum absolute atomic E-state index is 0.178. The van der Waals surface area contributed by atoms with Gasteiger partial charge in [-0.1, -0.05) is 0 Å². The lowest BCUT2D eigenvalue weighted by molar-refractivity contribution is -0.228. The van der Waals surface area contributed by atoms with Gasteiger partial charge >= 0.3 is 5.69 Å². The molecule has 0 aromatic carbocycles. The van der Waals surface area contributed by atoms with E-state index in [0.29, 0.717) is 0 Å². The van der Waals surface area contributed by atoms with E-state index in [1.54, 1.807) is 0 Å². The summed E-state index contributed by atoms with van der Waals surface area (Å²) in [6.45, 7) is -0.579. The van der Waals surface area contributed by atoms with Crippen LogP contribution in [-0.2, 0) is 4.74 Å². The van der Waals surface area contributed by atoms with Gasteiger partial charge in [0.15, 0.2) is 17.8 Å². The minimum Gasteiger partial charge on any atom is -0.503 e. The molecule has 0 radical (unpaired) electrons. The standard InChI is InChI=1S/C11H17N3O7/c1-14(9-4(16)2-12-11(20)13-9)10-8(19)7(18)6(17)5(3-15)21-10/h2,5-8,10,15-19H,3H2,1H3,(H,12,13,20)/t5-,6-,7+,8-,10-/m1/s1. The number of hydrogen-bond acceptors (Lipinski definition) is 9. The first-order chi connectivity index (χ1) is 9.86. The van der Waals surface area contributed by atoms with Gasteiger partial charge in [0.2, 0.25) is 0 Å². The summed E-state index contributed by atoms with van der Waals surface area (Å²) < 4.78 is 5.29. The van der Waals surface area contributed by atoms with Crippen LogP contribution in [0.15, 0.2) is 11.0 Å². The molecule has 1 fully saturated rings. The molecular weight excluding hydrogens is 286 g/mol. The molecule has 5 atom stereocenters. The molecule has 10 heteroatoms. The van der Waals surface area contributed by atoms with Crippen molar-refractivity contribution < 1.29 is 30.3 Å². The van der Waals surface area contributed by atoms with Crippen LogP contribution in [0.4, 0.5) is 5.82 Å². The van der Waals surface area contributed by atoms with E-state index in [4.69, 9.17) is 9.84 Å². The van der Waals surface area contributed by atoms with Crippen LogP contribution >= 0.6 is 0 Å². The molecule has 0 aliphatic carbocycles. The van der Waals surface area contributed by atoms with Gasteiger partial charge < -0.3 is 40.2 Å². The Morgan fingerprint density at radius 2 is 2.00 bits per heavy atom. The van der Waals surface area contributed by atoms with Gasteiger partial charge in [-0.3, -0.25) is 0 Å². The van der Waals surface area contributed by atoms with Crippen molar-refractivity contribution in [1.29, 1.82) is 0 Å². The molecule has 1 saturated heterocycles. The number of aromatic nitrogens is 2. The summed E-state index contributed by atoms with van der Waals surface area (Å²) in [4.78, 5) is 18.1. The van der Waals surface area contributed by atoms with Crippen LogP contribution in [-0.4, -0.2) is 79.8 Å². The van der Waals surface area contributed by atoms with Gasteiger partial charge in [-0.05, 0) is 0 Å². The Kier molecular flexibility index (Phi) is 4.44. The first-order valence-electron chi connectivity index (χ1n) is 6.19. The summed E-state index contributed by atoms with van der Waals surface area (Å²) in [5.74, 6) is -0.544. The molecule has 118 valence electrons. The number of rotatable bonds is 3. The highest BCUT2D eigenvalue weighted by atomic mass is 16.6. The van der Waals surface area contributed by atoms with E-state index < -0.39 is 42.9 Å². The molecule has 1 aromatic heterocycles. The predicted molar refractivity (Wildman–Crippen MR) is 68.7 cm³/mol. The molecule has 0 amide bonds. The summed E-state index contributed by atoms with van der Waals surface area (Å²) >= 11 is 0. The summed E-state index contributed by atoms with van der Waals surface area (Å²) in [6.07, 6.45) is -5.89. The number of aromatic amines is 1. The fourth-order valence-corrected chi connectivity index (χ4v) is 2.16. The largest absolute Gasteiger partial charge is 0.503 e. The third-order valence-corrected chi connectivity index (χ3v) is 3.35. The van der Waals surface area contributed by atoms with E-state index in [1.165, 1.54) is 7.05 Å². The van der Waals surface area contributed by atoms with Crippen LogP contribution in [0.25, 0.3) is 0 Å². The van der Waals surface area contributed by atoms with Crippen LogP contribution in [0.5, 0.6) is 5.75 Å². The average Bonchev–Trinajstić information content (AvgIpc) is 2.47. The second kappa shape index (κ2) is 5.95. The zero-order valence-corrected chi connectivity index (χ0v) is 11.1. The lowest BCUT2D eigenvalue weighted by Gasteiger charge is -2.43. The third-order valence-electron chi connectivity index (χ3n) is 3.35. The molecule has 0 bridgehead atoms. The monoisotopic (exact) mass is 303 g/mol. The molecule has 0 saturated carbocycles. The highest BCUT2D eigenvalue weighted by Gasteiger charge is 2.45. The molecule has 6 N–H and O–H groups in total. The van der Waals surface area contributed by atoms with Crippen molar-refractivity contribution in [3.05, 3.63) is 16.7 Å². The number of aromatic hydroxyl groups is 1. The Labute approximate surface area is 118 Å². The number of nitrogens with zero attached hydrogens (tertiary/aromatic N) is 2. The SMILES string of the molecule is CN(c1nc(=O)[nH]cc1O)[C@@H]1O[C@H](CO)[C@@H](O)[C@H](O)[C@H]1O. The van der Waals surface area contributed by atoms with E-state index in [1.807, 2.05) is 0 Å². The summed E-state index contributed by atoms with van der Waals surface area (Å²) in [5, 5.41) is 48.2. The zero-order chi connectivity index (χ0) is 15.7. The predicted octanol–water partition coefficient (Wildman–Crippen LogP) is -3.29. The Balaban J connectivity index is 2.31. The maximum atomic E-state index is 11.2. The summed E-state index contributed by atoms with van der Waals surface area (Å²) in [5.41, 5.74) is -0.723. The Hall–Kier alpha value is -1.72. The van der Waals surface area contributed by atoms with Crippen molar-refractivity contribution in [3.63, 3.8) is 0 Å². The molecular formula is C11H17N3O7. The lowest BCUT2D eigenvalue weighted by Crippen LogP contribution is -2.63. The second-order valence-electron chi connectivity index (χ2n) is 4.74. The van der Waals surface area contributed by atoms with Gasteiger partial charge in [-0.25, -0.2) is 4.79 Å². The first-order valence-corrected chi connectivity index (χ1v) is 6.19. The molecule has 2 rings (SSSR count). The van der Waals surface area contributed by atoms with Gasteiger partial charge in [0.05, 0.1) is 12.8 Å². The number of ether oxygens (including phenoxy) is 1. The van der Waals surface area contributed by atoms with Gasteiger partial charge in [0.1, 0.15) is 24.4 Å². The molecule has 0 unspecified atom stereocenters. The van der Waals surface area contributed by atoms with Crippen LogP contribution in [0.1, 0.15) is 0 Å². The highest BCUT2D eigenvalue weighted by molar-refractivity contribution is 5.49. The number of aliphatic hydroxyl groups is 4. The zero-order valence-electron chi connectivity index (χ0n) is 11.1. The van der Waals surface area contributed by atoms with Crippen LogP contribution in [0.3, 0.4) is 0 Å². The van der Waals surface area contributed by atoms with Gasteiger partial charge in [-0.2, -0.15) is 4.98 Å². The van der Waals surface area contributed by atoms with Gasteiger partial charge in [0.25, 0.3) is 0 Å². The number of anilines is 1. The summed E-state index contributed by atoms with van der Waals surface area (Å²) in [7, 11) is 1.37. The maximum Gasteiger partial charge on any atom is 0.347 e. The lowest BCUT2D eigenvalue weighted by atomic mass is 9.98. The van der Waals surface area contributed by atoms with Crippen LogP contribution in [0.2, 0.25) is 0 Å². The molecule has 10 nitrogen and oxygen atoms in total. The van der Waals surface area contributed by atoms with Gasteiger partial charge in [0, 0.05) is 7.05 Å². The normalized spacial score (nSPS) is 32.9. The van der Waals surface area contributed by atoms with Crippen molar-refractivity contribution in [2.75, 3.05) is 18.6 Å². The van der Waals surface area contributed by atoms with Crippen molar-refractivity contribution in [3.8, 4) is 5.75 Å². The molecule has 1 aliphatic heterocycles. The Morgan fingerprint density at radius 3 is 2.62 bits per heavy atom. The van der Waals surface area contributed by atoms with Crippen molar-refractivity contribution >= 4 is 5.82 Å². The van der Waals surface area contributed by atoms with Crippen molar-refractivity contribution in [2.24, 2.45) is 0 Å². The van der Waals surface area contributed by atoms with Crippen molar-refractivity contribution in [1.82, 2.24) is 9.97 Å². The van der Waals surface area contributed by atoms with E-state index in [0.717, 1.165) is 11.1 Å². The average molecular weight is 303 g/mol. The molecule has 0 spiro atoms. The third kappa shape index (κ3) is 2.84. The Bertz CT molecular complexity index is 549. The molecule has 21 heavy (non-hydrogen) atoms. The number of likely N-dealkylation sites (N-methyl/N-ethyl adjacent to an activating group) is 1. The number of H-pyrrole nitrogens is 1. The molecule has 2 heterocycles. The highest BCUT2D eigenvalue weighted by Crippen LogP contribution is 2.28. The maximum absolute atomic E-state index is 11.2. The van der Waals surface area contributed by atoms with Gasteiger partial charge in [-0.15, -0.1) is 0 Å². The topological polar surface area (TPSA) is 159 Å². The first kappa shape index (κ1) is 15.7. The number of hydrogen-bond donors (Lipinski definition) is 6. The Morgan fingerprint density at radius 1 is 1.33 bits per heavy atom. The van der Waals surface area contributed by atoms with Crippen LogP contribution < -0.4 is 10.6 Å². The minimum atomic E-state index is -1.56. The second-order valence-corrected chi connectivity index (χ2v) is 4.74. The van der Waals surface area contributed by atoms with Crippen molar-refractivity contribution in [2.45, 2.75) is 30.6 Å². The quantitative estimate of drug-likeness (QED) is 0.336. The van der Waals surface area contributed by atoms with E-state index >= 15 is 0 Å². The van der Waals surface area contributed by atoms with E-state index in [2.05, 4.69) is 9.97 Å². The molecule has 1 aliphatic rings.